The summed E-state index contributed by atoms with van der Waals surface area (Å²) in [6.07, 6.45) is 0. The van der Waals surface area contributed by atoms with Crippen LogP contribution in [0.5, 0.6) is 0 Å². The Bertz CT molecular complexity index is 771. The number of nitrogen functional groups attached to an aromatic ring is 1. The number of nitrogens with zero attached hydrogens (tertiary/aromatic N) is 1. The molecular formula is C13H11N3OS. The molecule has 0 unspecified atom stereocenters. The Kier molecular flexibility index (Phi) is 2.41. The molecule has 0 amide bonds. The van der Waals surface area contributed by atoms with Crippen LogP contribution >= 0.6 is 11.3 Å². The van der Waals surface area contributed by atoms with Crippen molar-refractivity contribution in [3.05, 3.63) is 46.2 Å². The third-order valence-corrected chi connectivity index (χ3v) is 3.83. The summed E-state index contributed by atoms with van der Waals surface area (Å²) in [5.74, 6) is 0.157. The third-order valence-electron chi connectivity index (χ3n) is 2.76. The Morgan fingerprint density at radius 1 is 1.28 bits per heavy atom. The number of aromatic nitrogens is 2. The minimum Gasteiger partial charge on any atom is -0.369 e. The van der Waals surface area contributed by atoms with Crippen molar-refractivity contribution in [1.29, 1.82) is 0 Å². The maximum Gasteiger partial charge on any atom is 0.261 e. The summed E-state index contributed by atoms with van der Waals surface area (Å²) >= 11 is 1.47. The lowest BCUT2D eigenvalue weighted by Gasteiger charge is -1.96. The second-order valence-corrected chi connectivity index (χ2v) is 5.18. The van der Waals surface area contributed by atoms with Crippen molar-refractivity contribution in [2.45, 2.75) is 6.92 Å². The average molecular weight is 257 g/mol. The van der Waals surface area contributed by atoms with Crippen LogP contribution in [0.2, 0.25) is 0 Å². The van der Waals surface area contributed by atoms with Crippen molar-refractivity contribution >= 4 is 27.5 Å². The van der Waals surface area contributed by atoms with E-state index in [0.29, 0.717) is 10.2 Å². The highest BCUT2D eigenvalue weighted by atomic mass is 32.1. The smallest absolute Gasteiger partial charge is 0.261 e. The van der Waals surface area contributed by atoms with Crippen LogP contribution in [-0.4, -0.2) is 9.97 Å². The first-order valence-electron chi connectivity index (χ1n) is 5.50. The molecule has 0 aliphatic carbocycles. The van der Waals surface area contributed by atoms with Crippen molar-refractivity contribution in [3.63, 3.8) is 0 Å². The highest BCUT2D eigenvalue weighted by Gasteiger charge is 2.08. The zero-order valence-corrected chi connectivity index (χ0v) is 10.5. The van der Waals surface area contributed by atoms with Gasteiger partial charge in [0.25, 0.3) is 5.56 Å². The minimum absolute atomic E-state index is 0.157. The number of benzene rings is 1. The molecule has 0 saturated carbocycles. The minimum atomic E-state index is -0.188. The van der Waals surface area contributed by atoms with Gasteiger partial charge in [0.15, 0.2) is 0 Å². The molecule has 0 saturated heterocycles. The van der Waals surface area contributed by atoms with Gasteiger partial charge in [-0.1, -0.05) is 29.8 Å². The molecule has 3 N–H and O–H groups in total. The number of hydrogen-bond acceptors (Lipinski definition) is 4. The van der Waals surface area contributed by atoms with E-state index >= 15 is 0 Å². The van der Waals surface area contributed by atoms with E-state index in [9.17, 15) is 4.79 Å². The molecule has 3 rings (SSSR count). The molecule has 0 aliphatic rings. The van der Waals surface area contributed by atoms with Crippen molar-refractivity contribution < 1.29 is 0 Å². The van der Waals surface area contributed by atoms with Gasteiger partial charge in [0.05, 0.1) is 5.39 Å². The number of rotatable bonds is 1. The van der Waals surface area contributed by atoms with Crippen LogP contribution in [0.1, 0.15) is 5.56 Å². The lowest BCUT2D eigenvalue weighted by molar-refractivity contribution is 1.20. The Hall–Kier alpha value is -2.14. The number of anilines is 1. The zero-order chi connectivity index (χ0) is 12.7. The molecule has 0 spiro atoms. The summed E-state index contributed by atoms with van der Waals surface area (Å²) in [5, 5.41) is 0.588. The van der Waals surface area contributed by atoms with Crippen molar-refractivity contribution in [1.82, 2.24) is 9.97 Å². The molecule has 0 bridgehead atoms. The van der Waals surface area contributed by atoms with Gasteiger partial charge < -0.3 is 5.73 Å². The second kappa shape index (κ2) is 3.96. The Morgan fingerprint density at radius 3 is 2.72 bits per heavy atom. The number of hydrogen-bond donors (Lipinski definition) is 2. The largest absolute Gasteiger partial charge is 0.369 e. The standard InChI is InChI=1S/C13H11N3OS/c1-7-2-4-8(5-3-7)10-6-9-11(17)15-13(14)16-12(9)18-10/h2-6H,1H3,(H3,14,15,16,17). The molecule has 0 atom stereocenters. The molecule has 18 heavy (non-hydrogen) atoms. The SMILES string of the molecule is Cc1ccc(-c2cc3c(=O)[nH]c(N)nc3s2)cc1. The van der Waals surface area contributed by atoms with Crippen molar-refractivity contribution in [2.75, 3.05) is 5.73 Å². The van der Waals surface area contributed by atoms with Gasteiger partial charge in [-0.05, 0) is 18.6 Å². The molecule has 0 radical (unpaired) electrons. The van der Waals surface area contributed by atoms with Crippen LogP contribution in [0.15, 0.2) is 35.1 Å². The van der Waals surface area contributed by atoms with E-state index in [-0.39, 0.29) is 11.5 Å². The highest BCUT2D eigenvalue weighted by molar-refractivity contribution is 7.21. The number of thiophene rings is 1. The van der Waals surface area contributed by atoms with Gasteiger partial charge in [0.1, 0.15) is 4.83 Å². The third kappa shape index (κ3) is 1.78. The van der Waals surface area contributed by atoms with Gasteiger partial charge in [0.2, 0.25) is 5.95 Å². The number of fused-ring (bicyclic) bond motifs is 1. The van der Waals surface area contributed by atoms with Gasteiger partial charge >= 0.3 is 0 Å². The molecule has 0 fully saturated rings. The molecule has 90 valence electrons. The Balaban J connectivity index is 2.22. The van der Waals surface area contributed by atoms with Crippen molar-refractivity contribution in [2.24, 2.45) is 0 Å². The van der Waals surface area contributed by atoms with E-state index in [0.717, 1.165) is 10.4 Å². The van der Waals surface area contributed by atoms with E-state index in [4.69, 9.17) is 5.73 Å². The number of nitrogens with one attached hydrogen (secondary N) is 1. The molecule has 2 aromatic heterocycles. The van der Waals surface area contributed by atoms with E-state index in [1.54, 1.807) is 0 Å². The molecule has 1 aromatic carbocycles. The summed E-state index contributed by atoms with van der Waals surface area (Å²) in [7, 11) is 0. The fraction of sp³-hybridized carbons (Fsp3) is 0.0769. The normalized spacial score (nSPS) is 10.9. The number of aromatic amines is 1. The first-order chi connectivity index (χ1) is 8.63. The van der Waals surface area contributed by atoms with Crippen LogP contribution in [0.3, 0.4) is 0 Å². The molecule has 2 heterocycles. The Morgan fingerprint density at radius 2 is 2.00 bits per heavy atom. The van der Waals surface area contributed by atoms with Gasteiger partial charge in [-0.25, -0.2) is 4.98 Å². The fourth-order valence-electron chi connectivity index (χ4n) is 1.81. The Labute approximate surface area is 107 Å². The van der Waals surface area contributed by atoms with Crippen LogP contribution in [-0.2, 0) is 0 Å². The maximum absolute atomic E-state index is 11.7. The van der Waals surface area contributed by atoms with E-state index in [2.05, 4.69) is 9.97 Å². The quantitative estimate of drug-likeness (QED) is 0.703. The van der Waals surface area contributed by atoms with Crippen LogP contribution in [0, 0.1) is 6.92 Å². The zero-order valence-electron chi connectivity index (χ0n) is 9.73. The molecular weight excluding hydrogens is 246 g/mol. The topological polar surface area (TPSA) is 71.8 Å². The molecule has 5 heteroatoms. The first kappa shape index (κ1) is 11.0. The van der Waals surface area contributed by atoms with E-state index in [1.807, 2.05) is 37.3 Å². The van der Waals surface area contributed by atoms with Crippen LogP contribution < -0.4 is 11.3 Å². The van der Waals surface area contributed by atoms with Crippen molar-refractivity contribution in [3.8, 4) is 10.4 Å². The summed E-state index contributed by atoms with van der Waals surface area (Å²) in [6, 6.07) is 10.0. The monoisotopic (exact) mass is 257 g/mol. The van der Waals surface area contributed by atoms with Gasteiger partial charge in [0, 0.05) is 4.88 Å². The number of H-pyrrole nitrogens is 1. The maximum atomic E-state index is 11.7. The van der Waals surface area contributed by atoms with Crippen LogP contribution in [0.25, 0.3) is 20.7 Å². The second-order valence-electron chi connectivity index (χ2n) is 4.15. The summed E-state index contributed by atoms with van der Waals surface area (Å²) < 4.78 is 0. The summed E-state index contributed by atoms with van der Waals surface area (Å²) in [5.41, 5.74) is 7.64. The average Bonchev–Trinajstić information content (AvgIpc) is 2.74. The number of aryl methyl sites for hydroxylation is 1. The molecule has 4 nitrogen and oxygen atoms in total. The van der Waals surface area contributed by atoms with Gasteiger partial charge in [-0.15, -0.1) is 11.3 Å². The van der Waals surface area contributed by atoms with Gasteiger partial charge in [-0.3, -0.25) is 9.78 Å². The highest BCUT2D eigenvalue weighted by Crippen LogP contribution is 2.31. The summed E-state index contributed by atoms with van der Waals surface area (Å²) in [4.78, 5) is 20.1. The molecule has 0 aliphatic heterocycles. The lowest BCUT2D eigenvalue weighted by atomic mass is 10.1. The predicted octanol–water partition coefficient (Wildman–Crippen LogP) is 2.54. The lowest BCUT2D eigenvalue weighted by Crippen LogP contribution is -2.09. The first-order valence-corrected chi connectivity index (χ1v) is 6.31. The van der Waals surface area contributed by atoms with Crippen LogP contribution in [0.4, 0.5) is 5.95 Å². The van der Waals surface area contributed by atoms with Gasteiger partial charge in [-0.2, -0.15) is 0 Å². The van der Waals surface area contributed by atoms with E-state index in [1.165, 1.54) is 16.9 Å². The molecule has 3 aromatic rings. The fourth-order valence-corrected chi connectivity index (χ4v) is 2.85. The predicted molar refractivity (Wildman–Crippen MR) is 74.8 cm³/mol. The van der Waals surface area contributed by atoms with E-state index < -0.39 is 0 Å². The summed E-state index contributed by atoms with van der Waals surface area (Å²) in [6.45, 7) is 2.04. The number of nitrogens with two attached hydrogens (primary N) is 1.